The number of anilines is 3. The smallest absolute Gasteiger partial charge is 0.256 e. The van der Waals surface area contributed by atoms with Gasteiger partial charge in [0.15, 0.2) is 0 Å². The number of amides is 5. The first-order valence-corrected chi connectivity index (χ1v) is 27.5. The van der Waals surface area contributed by atoms with E-state index in [0.29, 0.717) is 15.5 Å². The van der Waals surface area contributed by atoms with E-state index in [2.05, 4.69) is 75.8 Å². The fraction of sp³-hybridized carbons (Fsp3) is 0.500. The van der Waals surface area contributed by atoms with E-state index in [1.54, 1.807) is 12.1 Å². The molecule has 85 heavy (non-hydrogen) atoms. The minimum Gasteiger partial charge on any atom is -0.394 e. The Bertz CT molecular complexity index is 2510. The molecule has 0 saturated heterocycles. The van der Waals surface area contributed by atoms with Crippen molar-refractivity contribution in [3.8, 4) is 0 Å². The lowest BCUT2D eigenvalue weighted by Crippen LogP contribution is -2.54. The van der Waals surface area contributed by atoms with Crippen LogP contribution in [0.3, 0.4) is 0 Å². The Balaban J connectivity index is 2.24. The summed E-state index contributed by atoms with van der Waals surface area (Å²) in [5.41, 5.74) is 1.15. The third-order valence-corrected chi connectivity index (χ3v) is 15.1. The predicted molar refractivity (Wildman–Crippen MR) is 303 cm³/mol. The normalized spacial score (nSPS) is 17.3. The molecular formula is C50H69Br3N6O26. The highest BCUT2D eigenvalue weighted by atomic mass is 79.9. The van der Waals surface area contributed by atoms with Crippen LogP contribution in [0, 0.1) is 0 Å². The van der Waals surface area contributed by atoms with Crippen LogP contribution in [0.4, 0.5) is 17.1 Å². The number of hydrogen-bond donors (Lipinski definition) is 24. The Labute approximate surface area is 508 Å². The number of aliphatic hydroxyl groups is 20. The van der Waals surface area contributed by atoms with E-state index < -0.39 is 217 Å². The number of benzene rings is 3. The van der Waals surface area contributed by atoms with Gasteiger partial charge in [-0.05, 0) is 96.3 Å². The molecule has 0 bridgehead atoms. The molecule has 35 heteroatoms. The van der Waals surface area contributed by atoms with Gasteiger partial charge in [0.25, 0.3) is 23.6 Å². The zero-order chi connectivity index (χ0) is 64.3. The molecule has 5 amide bonds. The highest BCUT2D eigenvalue weighted by molar-refractivity contribution is 9.11. The number of nitrogens with one attached hydrogen (secondary N) is 4. The van der Waals surface area contributed by atoms with E-state index in [1.807, 2.05) is 0 Å². The summed E-state index contributed by atoms with van der Waals surface area (Å²) in [6.07, 6.45) is -36.0. The van der Waals surface area contributed by atoms with E-state index in [-0.39, 0.29) is 16.8 Å². The number of carbonyl (C=O) groups is 5. The summed E-state index contributed by atoms with van der Waals surface area (Å²) < 4.78 is -1.86. The average molecular weight is 1410 g/mol. The lowest BCUT2D eigenvalue weighted by Gasteiger charge is -2.35. The minimum absolute atomic E-state index is 0.0526. The van der Waals surface area contributed by atoms with Crippen molar-refractivity contribution < 1.29 is 131 Å². The molecule has 16 atom stereocenters. The Morgan fingerprint density at radius 1 is 0.447 bits per heavy atom. The molecule has 0 heterocycles. The molecule has 32 nitrogen and oxygen atoms in total. The molecule has 16 unspecified atom stereocenters. The molecule has 0 aliphatic carbocycles. The zero-order valence-electron chi connectivity index (χ0n) is 44.4. The highest BCUT2D eigenvalue weighted by Gasteiger charge is 2.41. The summed E-state index contributed by atoms with van der Waals surface area (Å²) in [6, 6.07) is 11.4. The summed E-state index contributed by atoms with van der Waals surface area (Å²) in [6.45, 7) is -7.26. The standard InChI is InChI=1S/C50H69Br3N6O26/c1-2-85-57-23-9-5-21(6-10-23)48(82)55-22-7-3-20(4-8-22)47(81)54-11-32(72)56-38-36(52)33(49(83)58(12-24(64)39(73)43(77)28(68)16-60)13-25(65)40(74)44(78)29(69)17-61)35(51)34(37(38)53)50(84)59(14-26(66)41(75)45(79)30(70)18-62)15-27(67)42(76)46(80)31(71)19-63/h2-10,24-31,39-46,57,60-71,73-80H,1,11-19H2,(H,54,81)(H,55,82)(H,56,72). The largest absolute Gasteiger partial charge is 0.394 e. The molecule has 3 rings (SSSR count). The second-order valence-electron chi connectivity index (χ2n) is 18.9. The summed E-state index contributed by atoms with van der Waals surface area (Å²) in [5.74, 6) is -5.62. The van der Waals surface area contributed by atoms with Gasteiger partial charge in [0.2, 0.25) is 5.91 Å². The van der Waals surface area contributed by atoms with Crippen molar-refractivity contribution in [1.82, 2.24) is 15.1 Å². The van der Waals surface area contributed by atoms with Crippen LogP contribution in [0.25, 0.3) is 0 Å². The van der Waals surface area contributed by atoms with E-state index in [4.69, 9.17) is 4.84 Å². The summed E-state index contributed by atoms with van der Waals surface area (Å²) in [5, 5.41) is 214. The molecule has 24 N–H and O–H groups in total. The van der Waals surface area contributed by atoms with Crippen molar-refractivity contribution in [2.45, 2.75) is 97.7 Å². The third-order valence-electron chi connectivity index (χ3n) is 12.7. The third kappa shape index (κ3) is 20.3. The predicted octanol–water partition coefficient (Wildman–Crippen LogP) is -7.29. The van der Waals surface area contributed by atoms with Gasteiger partial charge in [-0.15, -0.1) is 0 Å². The summed E-state index contributed by atoms with van der Waals surface area (Å²) in [4.78, 5) is 76.0. The first-order valence-electron chi connectivity index (χ1n) is 25.2. The molecular weight excluding hydrogens is 1340 g/mol. The SMILES string of the molecule is C=CONc1ccc(C(=O)Nc2ccc(C(=O)NCC(=O)Nc3c(Br)c(C(=O)N(CC(O)C(O)C(O)C(O)CO)CC(O)C(O)C(O)C(O)CO)c(Br)c(C(=O)N(CC(O)C(O)C(O)C(O)CO)CC(O)C(O)C(O)C(O)CO)c3Br)cc2)cc1. The zero-order valence-corrected chi connectivity index (χ0v) is 49.2. The molecule has 0 aromatic heterocycles. The Morgan fingerprint density at radius 3 is 1.07 bits per heavy atom. The van der Waals surface area contributed by atoms with Gasteiger partial charge in [-0.2, -0.15) is 0 Å². The van der Waals surface area contributed by atoms with Crippen molar-refractivity contribution in [2.24, 2.45) is 0 Å². The molecule has 0 aliphatic rings. The van der Waals surface area contributed by atoms with E-state index in [0.717, 1.165) is 6.26 Å². The van der Waals surface area contributed by atoms with Crippen LogP contribution in [0.2, 0.25) is 0 Å². The van der Waals surface area contributed by atoms with Crippen LogP contribution in [0.1, 0.15) is 41.4 Å². The van der Waals surface area contributed by atoms with Crippen LogP contribution in [0.5, 0.6) is 0 Å². The van der Waals surface area contributed by atoms with Crippen molar-refractivity contribution >= 4 is 94.4 Å². The molecule has 3 aromatic carbocycles. The second kappa shape index (κ2) is 35.1. The molecule has 0 radical (unpaired) electrons. The number of nitrogens with zero attached hydrogens (tertiary/aromatic N) is 2. The maximum atomic E-state index is 15.1. The van der Waals surface area contributed by atoms with Gasteiger partial charge in [-0.25, -0.2) is 5.48 Å². The Morgan fingerprint density at radius 2 is 0.753 bits per heavy atom. The molecule has 476 valence electrons. The van der Waals surface area contributed by atoms with Gasteiger partial charge in [-0.3, -0.25) is 24.0 Å². The first kappa shape index (κ1) is 74.2. The number of halogens is 3. The maximum Gasteiger partial charge on any atom is 0.256 e. The molecule has 0 saturated carbocycles. The van der Waals surface area contributed by atoms with Crippen LogP contribution in [-0.4, -0.2) is 298 Å². The lowest BCUT2D eigenvalue weighted by molar-refractivity contribution is -0.127. The van der Waals surface area contributed by atoms with Gasteiger partial charge in [0, 0.05) is 47.5 Å². The molecule has 0 aliphatic heterocycles. The van der Waals surface area contributed by atoms with E-state index in [9.17, 15) is 117 Å². The van der Waals surface area contributed by atoms with Gasteiger partial charge >= 0.3 is 0 Å². The fourth-order valence-corrected chi connectivity index (χ4v) is 10.6. The van der Waals surface area contributed by atoms with Crippen LogP contribution >= 0.6 is 47.8 Å². The second-order valence-corrected chi connectivity index (χ2v) is 21.3. The fourth-order valence-electron chi connectivity index (χ4n) is 7.69. The van der Waals surface area contributed by atoms with Crippen LogP contribution in [-0.2, 0) is 9.63 Å². The minimum atomic E-state index is -2.44. The quantitative estimate of drug-likeness (QED) is 0.0192. The first-order chi connectivity index (χ1) is 39.9. The number of hydrogen-bond acceptors (Lipinski definition) is 27. The van der Waals surface area contributed by atoms with Crippen molar-refractivity contribution in [3.63, 3.8) is 0 Å². The van der Waals surface area contributed by atoms with Crippen molar-refractivity contribution in [3.05, 3.63) is 97.0 Å². The van der Waals surface area contributed by atoms with Crippen molar-refractivity contribution in [1.29, 1.82) is 0 Å². The number of aliphatic hydroxyl groups excluding tert-OH is 20. The summed E-state index contributed by atoms with van der Waals surface area (Å²) >= 11 is 9.44. The van der Waals surface area contributed by atoms with Crippen molar-refractivity contribution in [2.75, 3.05) is 75.3 Å². The lowest BCUT2D eigenvalue weighted by atomic mass is 9.99. The van der Waals surface area contributed by atoms with Crippen LogP contribution in [0.15, 0.2) is 74.8 Å². The van der Waals surface area contributed by atoms with Gasteiger partial charge < -0.3 is 133 Å². The highest BCUT2D eigenvalue weighted by Crippen LogP contribution is 2.44. The Kier molecular flexibility index (Phi) is 30.7. The molecule has 3 aromatic rings. The van der Waals surface area contributed by atoms with E-state index >= 15 is 9.59 Å². The van der Waals surface area contributed by atoms with Gasteiger partial charge in [0.05, 0.1) is 64.4 Å². The monoisotopic (exact) mass is 1410 g/mol. The van der Waals surface area contributed by atoms with Gasteiger partial charge in [0.1, 0.15) is 104 Å². The van der Waals surface area contributed by atoms with Gasteiger partial charge in [-0.1, -0.05) is 6.58 Å². The summed E-state index contributed by atoms with van der Waals surface area (Å²) in [7, 11) is 0. The van der Waals surface area contributed by atoms with E-state index in [1.165, 1.54) is 36.4 Å². The Hall–Kier alpha value is -5.01. The number of rotatable bonds is 35. The maximum absolute atomic E-state index is 15.1. The number of carbonyl (C=O) groups excluding carboxylic acids is 5. The molecule has 0 fully saturated rings. The molecule has 0 spiro atoms. The average Bonchev–Trinajstić information content (AvgIpc) is 3.38. The van der Waals surface area contributed by atoms with Crippen LogP contribution < -0.4 is 21.4 Å². The topological polar surface area (TPSA) is 554 Å².